The average Bonchev–Trinajstić information content (AvgIpc) is 3.37. The zero-order valence-electron chi connectivity index (χ0n) is 16.4. The van der Waals surface area contributed by atoms with Gasteiger partial charge in [-0.2, -0.15) is 0 Å². The molecule has 3 aliphatic heterocycles. The predicted molar refractivity (Wildman–Crippen MR) is 109 cm³/mol. The van der Waals surface area contributed by atoms with Crippen molar-refractivity contribution in [3.8, 4) is 0 Å². The van der Waals surface area contributed by atoms with Crippen molar-refractivity contribution in [3.05, 3.63) is 83.4 Å². The van der Waals surface area contributed by atoms with Crippen LogP contribution in [0.25, 0.3) is 0 Å². The van der Waals surface area contributed by atoms with Crippen molar-refractivity contribution in [3.63, 3.8) is 0 Å². The zero-order chi connectivity index (χ0) is 20.0. The van der Waals surface area contributed by atoms with E-state index < -0.39 is 17.4 Å². The molecule has 4 atom stereocenters. The molecule has 5 heteroatoms. The summed E-state index contributed by atoms with van der Waals surface area (Å²) in [6.45, 7) is 3.54. The number of nitrogens with one attached hydrogen (secondary N) is 1. The topological polar surface area (TPSA) is 58.6 Å². The molecule has 2 bridgehead atoms. The second-order valence-corrected chi connectivity index (χ2v) is 8.28. The summed E-state index contributed by atoms with van der Waals surface area (Å²) in [5.41, 5.74) is 2.65. The molecule has 2 aromatic rings. The van der Waals surface area contributed by atoms with Crippen molar-refractivity contribution in [2.24, 2.45) is 11.8 Å². The largest absolute Gasteiger partial charge is 0.360 e. The Bertz CT molecular complexity index is 969. The van der Waals surface area contributed by atoms with Gasteiger partial charge in [0.05, 0.1) is 24.5 Å². The molecule has 3 heterocycles. The first-order valence-electron chi connectivity index (χ1n) is 10.1. The molecule has 3 aliphatic rings. The molecule has 1 spiro atoms. The lowest BCUT2D eigenvalue weighted by molar-refractivity contribution is -0.137. The number of rotatable bonds is 5. The molecule has 0 radical (unpaired) electrons. The average molecular weight is 388 g/mol. The highest BCUT2D eigenvalue weighted by Gasteiger charge is 2.66. The molecule has 148 valence electrons. The highest BCUT2D eigenvalue weighted by Crippen LogP contribution is 2.52. The third kappa shape index (κ3) is 3.06. The monoisotopic (exact) mass is 388 g/mol. The summed E-state index contributed by atoms with van der Waals surface area (Å²) in [6.07, 6.45) is 3.63. The second kappa shape index (κ2) is 6.85. The van der Waals surface area contributed by atoms with Crippen molar-refractivity contribution in [2.75, 3.05) is 6.54 Å². The van der Waals surface area contributed by atoms with Gasteiger partial charge in [0.15, 0.2) is 0 Å². The van der Waals surface area contributed by atoms with Crippen LogP contribution in [0.5, 0.6) is 0 Å². The first kappa shape index (κ1) is 18.1. The number of fused-ring (bicyclic) bond motifs is 1. The summed E-state index contributed by atoms with van der Waals surface area (Å²) in [5, 5.41) is 3.00. The van der Waals surface area contributed by atoms with Crippen LogP contribution in [-0.4, -0.2) is 35.0 Å². The standard InChI is InChI=1S/C24H24N2O3/c1-16-7-9-18(10-8-16)14-26-15-24-12-11-19(29-24)20(21(24)23(26)28)22(27)25-13-17-5-3-2-4-6-17/h2-12,19-21H,13-15H2,1H3,(H,25,27)/t19-,20+,21-,24?/m0/s1. The maximum Gasteiger partial charge on any atom is 0.230 e. The molecule has 5 rings (SSSR count). The Morgan fingerprint density at radius 2 is 1.90 bits per heavy atom. The summed E-state index contributed by atoms with van der Waals surface area (Å²) in [7, 11) is 0. The van der Waals surface area contributed by atoms with Gasteiger partial charge in [-0.1, -0.05) is 72.3 Å². The van der Waals surface area contributed by atoms with Crippen LogP contribution in [-0.2, 0) is 27.4 Å². The Labute approximate surface area is 170 Å². The molecule has 2 fully saturated rings. The van der Waals surface area contributed by atoms with Gasteiger partial charge in [-0.15, -0.1) is 0 Å². The molecule has 2 amide bonds. The SMILES string of the molecule is Cc1ccc(CN2CC34C=C[C@H](O3)[C@@H](C(=O)NCc3ccccc3)[C@H]4C2=O)cc1. The Balaban J connectivity index is 1.32. The summed E-state index contributed by atoms with van der Waals surface area (Å²) in [4.78, 5) is 28.1. The number of hydrogen-bond acceptors (Lipinski definition) is 3. The summed E-state index contributed by atoms with van der Waals surface area (Å²) >= 11 is 0. The van der Waals surface area contributed by atoms with Crippen LogP contribution < -0.4 is 5.32 Å². The Morgan fingerprint density at radius 1 is 1.14 bits per heavy atom. The number of aryl methyl sites for hydroxylation is 1. The summed E-state index contributed by atoms with van der Waals surface area (Å²) in [6, 6.07) is 18.0. The van der Waals surface area contributed by atoms with Crippen LogP contribution in [0.3, 0.4) is 0 Å². The van der Waals surface area contributed by atoms with E-state index in [1.165, 1.54) is 5.56 Å². The summed E-state index contributed by atoms with van der Waals surface area (Å²) in [5.74, 6) is -1.02. The minimum absolute atomic E-state index is 0.0114. The van der Waals surface area contributed by atoms with Crippen LogP contribution in [0.4, 0.5) is 0 Å². The van der Waals surface area contributed by atoms with E-state index in [-0.39, 0.29) is 17.9 Å². The molecule has 29 heavy (non-hydrogen) atoms. The molecule has 1 unspecified atom stereocenters. The third-order valence-corrected chi connectivity index (χ3v) is 6.29. The van der Waals surface area contributed by atoms with Crippen molar-refractivity contribution >= 4 is 11.8 Å². The highest BCUT2D eigenvalue weighted by molar-refractivity contribution is 5.93. The molecule has 0 saturated carbocycles. The fraction of sp³-hybridized carbons (Fsp3) is 0.333. The number of carbonyl (C=O) groups excluding carboxylic acids is 2. The number of hydrogen-bond donors (Lipinski definition) is 1. The zero-order valence-corrected chi connectivity index (χ0v) is 16.4. The van der Waals surface area contributed by atoms with Crippen LogP contribution in [0.1, 0.15) is 16.7 Å². The molecule has 2 aromatic carbocycles. The van der Waals surface area contributed by atoms with E-state index >= 15 is 0 Å². The van der Waals surface area contributed by atoms with Gasteiger partial charge in [0.1, 0.15) is 5.60 Å². The predicted octanol–water partition coefficient (Wildman–Crippen LogP) is 2.59. The van der Waals surface area contributed by atoms with E-state index in [9.17, 15) is 9.59 Å². The van der Waals surface area contributed by atoms with Gasteiger partial charge in [0, 0.05) is 13.1 Å². The van der Waals surface area contributed by atoms with Gasteiger partial charge in [-0.25, -0.2) is 0 Å². The van der Waals surface area contributed by atoms with E-state index in [1.54, 1.807) is 0 Å². The van der Waals surface area contributed by atoms with Gasteiger partial charge < -0.3 is 15.0 Å². The number of amides is 2. The third-order valence-electron chi connectivity index (χ3n) is 6.29. The molecular formula is C24H24N2O3. The number of likely N-dealkylation sites (tertiary alicyclic amines) is 1. The van der Waals surface area contributed by atoms with Crippen LogP contribution >= 0.6 is 0 Å². The lowest BCUT2D eigenvalue weighted by atomic mass is 9.77. The van der Waals surface area contributed by atoms with Crippen molar-refractivity contribution in [1.29, 1.82) is 0 Å². The molecule has 0 aliphatic carbocycles. The lowest BCUT2D eigenvalue weighted by Gasteiger charge is -2.23. The molecule has 0 aromatic heterocycles. The lowest BCUT2D eigenvalue weighted by Crippen LogP contribution is -2.43. The quantitative estimate of drug-likeness (QED) is 0.801. The van der Waals surface area contributed by atoms with Crippen LogP contribution in [0.2, 0.25) is 0 Å². The number of carbonyl (C=O) groups is 2. The van der Waals surface area contributed by atoms with E-state index in [4.69, 9.17) is 4.74 Å². The van der Waals surface area contributed by atoms with Crippen LogP contribution in [0.15, 0.2) is 66.7 Å². The van der Waals surface area contributed by atoms with Gasteiger partial charge in [0.2, 0.25) is 11.8 Å². The number of ether oxygens (including phenoxy) is 1. The maximum absolute atomic E-state index is 13.3. The van der Waals surface area contributed by atoms with Crippen molar-refractivity contribution < 1.29 is 14.3 Å². The molecular weight excluding hydrogens is 364 g/mol. The van der Waals surface area contributed by atoms with E-state index in [1.807, 2.05) is 66.4 Å². The van der Waals surface area contributed by atoms with Crippen LogP contribution in [0, 0.1) is 18.8 Å². The van der Waals surface area contributed by atoms with E-state index in [0.717, 1.165) is 11.1 Å². The minimum atomic E-state index is -0.665. The maximum atomic E-state index is 13.3. The molecule has 5 nitrogen and oxygen atoms in total. The van der Waals surface area contributed by atoms with Crippen molar-refractivity contribution in [2.45, 2.75) is 31.7 Å². The van der Waals surface area contributed by atoms with E-state index in [2.05, 4.69) is 17.4 Å². The van der Waals surface area contributed by atoms with E-state index in [0.29, 0.717) is 19.6 Å². The Kier molecular flexibility index (Phi) is 4.28. The fourth-order valence-electron chi connectivity index (χ4n) is 4.83. The number of benzene rings is 2. The van der Waals surface area contributed by atoms with Gasteiger partial charge in [-0.3, -0.25) is 9.59 Å². The first-order valence-corrected chi connectivity index (χ1v) is 10.1. The molecule has 2 saturated heterocycles. The minimum Gasteiger partial charge on any atom is -0.360 e. The normalized spacial score (nSPS) is 29.3. The van der Waals surface area contributed by atoms with Gasteiger partial charge in [-0.05, 0) is 18.1 Å². The molecule has 1 N–H and O–H groups in total. The Hall–Kier alpha value is -2.92. The Morgan fingerprint density at radius 3 is 2.66 bits per heavy atom. The second-order valence-electron chi connectivity index (χ2n) is 8.28. The van der Waals surface area contributed by atoms with Gasteiger partial charge in [0.25, 0.3) is 0 Å². The number of nitrogens with zero attached hydrogens (tertiary/aromatic N) is 1. The fourth-order valence-corrected chi connectivity index (χ4v) is 4.83. The smallest absolute Gasteiger partial charge is 0.230 e. The van der Waals surface area contributed by atoms with Gasteiger partial charge >= 0.3 is 0 Å². The summed E-state index contributed by atoms with van der Waals surface area (Å²) < 4.78 is 6.19. The van der Waals surface area contributed by atoms with Crippen molar-refractivity contribution in [1.82, 2.24) is 10.2 Å². The highest BCUT2D eigenvalue weighted by atomic mass is 16.5. The first-order chi connectivity index (χ1) is 14.1.